The van der Waals surface area contributed by atoms with Crippen LogP contribution in [0.2, 0.25) is 0 Å². The number of carbonyl (C=O) groups is 2. The fourth-order valence-corrected chi connectivity index (χ4v) is 2.06. The molecule has 1 unspecified atom stereocenters. The van der Waals surface area contributed by atoms with Crippen LogP contribution < -0.4 is 10.6 Å². The minimum Gasteiger partial charge on any atom is -0.480 e. The molecular formula is C12H19N5O3. The van der Waals surface area contributed by atoms with E-state index in [1.54, 1.807) is 10.9 Å². The predicted octanol–water partition coefficient (Wildman–Crippen LogP) is -0.204. The SMILES string of the molecule is CCCC(C)(NC(=O)c1cn(C2CNC2)nn1)C(=O)O. The van der Waals surface area contributed by atoms with E-state index < -0.39 is 17.4 Å². The van der Waals surface area contributed by atoms with E-state index in [-0.39, 0.29) is 11.7 Å². The molecule has 1 fully saturated rings. The van der Waals surface area contributed by atoms with Gasteiger partial charge in [0, 0.05) is 13.1 Å². The van der Waals surface area contributed by atoms with Gasteiger partial charge in [-0.2, -0.15) is 0 Å². The van der Waals surface area contributed by atoms with Crippen LogP contribution in [0.1, 0.15) is 43.2 Å². The Morgan fingerprint density at radius 1 is 1.60 bits per heavy atom. The van der Waals surface area contributed by atoms with Crippen molar-refractivity contribution in [2.24, 2.45) is 0 Å². The van der Waals surface area contributed by atoms with Crippen molar-refractivity contribution in [3.8, 4) is 0 Å². The molecule has 1 saturated heterocycles. The first kappa shape index (κ1) is 14.4. The molecule has 20 heavy (non-hydrogen) atoms. The molecule has 0 radical (unpaired) electrons. The molecule has 0 spiro atoms. The molecular weight excluding hydrogens is 262 g/mol. The van der Waals surface area contributed by atoms with Crippen molar-refractivity contribution in [1.82, 2.24) is 25.6 Å². The van der Waals surface area contributed by atoms with E-state index in [4.69, 9.17) is 0 Å². The molecule has 0 bridgehead atoms. The Morgan fingerprint density at radius 3 is 2.80 bits per heavy atom. The third-order valence-corrected chi connectivity index (χ3v) is 3.49. The minimum absolute atomic E-state index is 0.139. The van der Waals surface area contributed by atoms with Crippen LogP contribution in [0.4, 0.5) is 0 Å². The Balaban J connectivity index is 2.06. The van der Waals surface area contributed by atoms with E-state index in [0.717, 1.165) is 13.1 Å². The maximum Gasteiger partial charge on any atom is 0.329 e. The minimum atomic E-state index is -1.28. The average molecular weight is 281 g/mol. The molecule has 0 saturated carbocycles. The van der Waals surface area contributed by atoms with Crippen LogP contribution in [0.5, 0.6) is 0 Å². The summed E-state index contributed by atoms with van der Waals surface area (Å²) in [6.45, 7) is 4.96. The first-order chi connectivity index (χ1) is 9.46. The summed E-state index contributed by atoms with van der Waals surface area (Å²) in [5, 5.41) is 22.6. The van der Waals surface area contributed by atoms with Crippen LogP contribution in [0.15, 0.2) is 6.20 Å². The lowest BCUT2D eigenvalue weighted by molar-refractivity contribution is -0.144. The highest BCUT2D eigenvalue weighted by atomic mass is 16.4. The smallest absolute Gasteiger partial charge is 0.329 e. The molecule has 1 atom stereocenters. The maximum absolute atomic E-state index is 12.1. The van der Waals surface area contributed by atoms with Crippen molar-refractivity contribution in [1.29, 1.82) is 0 Å². The van der Waals surface area contributed by atoms with E-state index in [9.17, 15) is 14.7 Å². The van der Waals surface area contributed by atoms with E-state index in [2.05, 4.69) is 20.9 Å². The third kappa shape index (κ3) is 2.79. The number of aliphatic carboxylic acids is 1. The van der Waals surface area contributed by atoms with E-state index in [1.165, 1.54) is 6.92 Å². The Kier molecular flexibility index (Phi) is 4.03. The zero-order valence-electron chi connectivity index (χ0n) is 11.6. The molecule has 0 aromatic carbocycles. The van der Waals surface area contributed by atoms with Gasteiger partial charge in [-0.1, -0.05) is 18.6 Å². The van der Waals surface area contributed by atoms with E-state index >= 15 is 0 Å². The van der Waals surface area contributed by atoms with Crippen molar-refractivity contribution >= 4 is 11.9 Å². The fraction of sp³-hybridized carbons (Fsp3) is 0.667. The van der Waals surface area contributed by atoms with Gasteiger partial charge in [0.2, 0.25) is 0 Å². The first-order valence-corrected chi connectivity index (χ1v) is 6.64. The molecule has 1 aromatic heterocycles. The summed E-state index contributed by atoms with van der Waals surface area (Å²) in [5.41, 5.74) is -1.14. The number of nitrogens with one attached hydrogen (secondary N) is 2. The quantitative estimate of drug-likeness (QED) is 0.666. The molecule has 3 N–H and O–H groups in total. The zero-order chi connectivity index (χ0) is 14.8. The van der Waals surface area contributed by atoms with Gasteiger partial charge in [0.05, 0.1) is 12.2 Å². The van der Waals surface area contributed by atoms with E-state index in [0.29, 0.717) is 12.8 Å². The summed E-state index contributed by atoms with van der Waals surface area (Å²) in [6.07, 6.45) is 2.56. The van der Waals surface area contributed by atoms with E-state index in [1.807, 2.05) is 6.92 Å². The second kappa shape index (κ2) is 5.58. The van der Waals surface area contributed by atoms with Gasteiger partial charge in [-0.05, 0) is 13.3 Å². The Labute approximate surface area is 116 Å². The van der Waals surface area contributed by atoms with Gasteiger partial charge in [-0.25, -0.2) is 9.48 Å². The van der Waals surface area contributed by atoms with Gasteiger partial charge in [0.25, 0.3) is 5.91 Å². The third-order valence-electron chi connectivity index (χ3n) is 3.49. The first-order valence-electron chi connectivity index (χ1n) is 6.64. The van der Waals surface area contributed by atoms with Crippen LogP contribution in [0.3, 0.4) is 0 Å². The molecule has 0 aliphatic carbocycles. The summed E-state index contributed by atoms with van der Waals surface area (Å²) in [6, 6.07) is 0.213. The molecule has 1 aliphatic rings. The number of rotatable bonds is 6. The van der Waals surface area contributed by atoms with Crippen LogP contribution in [0, 0.1) is 0 Å². The van der Waals surface area contributed by atoms with Gasteiger partial charge in [0.15, 0.2) is 5.69 Å². The summed E-state index contributed by atoms with van der Waals surface area (Å²) < 4.78 is 1.63. The monoisotopic (exact) mass is 281 g/mol. The van der Waals surface area contributed by atoms with Crippen molar-refractivity contribution in [3.63, 3.8) is 0 Å². The number of nitrogens with zero attached hydrogens (tertiary/aromatic N) is 3. The number of aromatic nitrogens is 3. The van der Waals surface area contributed by atoms with Gasteiger partial charge >= 0.3 is 5.97 Å². The van der Waals surface area contributed by atoms with Crippen LogP contribution in [-0.2, 0) is 4.79 Å². The normalized spacial score (nSPS) is 18.1. The lowest BCUT2D eigenvalue weighted by atomic mass is 9.96. The standard InChI is InChI=1S/C12H19N5O3/c1-3-4-12(2,11(19)20)14-10(18)9-7-17(16-15-9)8-5-13-6-8/h7-8,13H,3-6H2,1-2H3,(H,14,18)(H,19,20). The van der Waals surface area contributed by atoms with Gasteiger partial charge in [0.1, 0.15) is 5.54 Å². The number of carboxylic acid groups (broad SMARTS) is 1. The second-order valence-electron chi connectivity index (χ2n) is 5.24. The van der Waals surface area contributed by atoms with Crippen molar-refractivity contribution in [3.05, 3.63) is 11.9 Å². The molecule has 1 aliphatic heterocycles. The summed E-state index contributed by atoms with van der Waals surface area (Å²) in [4.78, 5) is 23.4. The Bertz CT molecular complexity index is 511. The highest BCUT2D eigenvalue weighted by Crippen LogP contribution is 2.14. The fourth-order valence-electron chi connectivity index (χ4n) is 2.06. The lowest BCUT2D eigenvalue weighted by Gasteiger charge is -2.26. The van der Waals surface area contributed by atoms with Gasteiger partial charge in [-0.3, -0.25) is 4.79 Å². The predicted molar refractivity (Wildman–Crippen MR) is 70.3 cm³/mol. The summed E-state index contributed by atoms with van der Waals surface area (Å²) in [7, 11) is 0. The topological polar surface area (TPSA) is 109 Å². The molecule has 2 rings (SSSR count). The molecule has 1 amide bonds. The lowest BCUT2D eigenvalue weighted by Crippen LogP contribution is -2.52. The molecule has 8 nitrogen and oxygen atoms in total. The van der Waals surface area contributed by atoms with Gasteiger partial charge in [-0.15, -0.1) is 5.10 Å². The number of carbonyl (C=O) groups excluding carboxylic acids is 1. The molecule has 1 aromatic rings. The maximum atomic E-state index is 12.1. The molecule has 8 heteroatoms. The summed E-state index contributed by atoms with van der Waals surface area (Å²) >= 11 is 0. The average Bonchev–Trinajstić information content (AvgIpc) is 2.76. The number of carboxylic acids is 1. The molecule has 2 heterocycles. The van der Waals surface area contributed by atoms with Gasteiger partial charge < -0.3 is 15.7 Å². The highest BCUT2D eigenvalue weighted by Gasteiger charge is 2.35. The molecule has 110 valence electrons. The second-order valence-corrected chi connectivity index (χ2v) is 5.24. The van der Waals surface area contributed by atoms with Crippen LogP contribution in [-0.4, -0.2) is 50.6 Å². The van der Waals surface area contributed by atoms with Crippen molar-refractivity contribution in [2.45, 2.75) is 38.3 Å². The van der Waals surface area contributed by atoms with Crippen molar-refractivity contribution < 1.29 is 14.7 Å². The zero-order valence-corrected chi connectivity index (χ0v) is 11.6. The van der Waals surface area contributed by atoms with Crippen LogP contribution >= 0.6 is 0 Å². The number of hydrogen-bond acceptors (Lipinski definition) is 5. The Morgan fingerprint density at radius 2 is 2.30 bits per heavy atom. The number of hydrogen-bond donors (Lipinski definition) is 3. The van der Waals surface area contributed by atoms with Crippen molar-refractivity contribution in [2.75, 3.05) is 13.1 Å². The largest absolute Gasteiger partial charge is 0.480 e. The highest BCUT2D eigenvalue weighted by molar-refractivity contribution is 5.95. The number of amides is 1. The summed E-state index contributed by atoms with van der Waals surface area (Å²) in [5.74, 6) is -1.56. The van der Waals surface area contributed by atoms with Crippen LogP contribution in [0.25, 0.3) is 0 Å². The Hall–Kier alpha value is -1.96.